The van der Waals surface area contributed by atoms with Crippen LogP contribution in [0.3, 0.4) is 0 Å². The number of anilines is 1. The lowest BCUT2D eigenvalue weighted by Crippen LogP contribution is -2.30. The number of phosphoric acid groups is 1. The van der Waals surface area contributed by atoms with Gasteiger partial charge in [0.1, 0.15) is 19.0 Å². The second-order valence-corrected chi connectivity index (χ2v) is 8.47. The van der Waals surface area contributed by atoms with Gasteiger partial charge in [0.2, 0.25) is 11.4 Å². The smallest absolute Gasteiger partial charge is 0.270 e. The van der Waals surface area contributed by atoms with Crippen molar-refractivity contribution in [2.45, 2.75) is 19.3 Å². The minimum Gasteiger partial charge on any atom is -0.756 e. The molecule has 0 aromatic heterocycles. The van der Waals surface area contributed by atoms with Crippen molar-refractivity contribution < 1.29 is 33.5 Å². The molecule has 0 spiro atoms. The largest absolute Gasteiger partial charge is 0.756 e. The summed E-state index contributed by atoms with van der Waals surface area (Å²) in [7, 11) is 0.570. The number of hydrogen-bond acceptors (Lipinski definition) is 7. The SMILES string of the molecule is COc1ccc(N(C)N=CC2=[N+](C)c3ccc([N+](=O)[O-])cc3C2(C)C)cc1.O=P([O-])(O)O. The number of hydrazone groups is 1. The van der Waals surface area contributed by atoms with E-state index < -0.39 is 7.82 Å². The number of fused-ring (bicyclic) bond motifs is 1. The first-order valence-electron chi connectivity index (χ1n) is 9.34. The molecule has 1 aliphatic heterocycles. The molecule has 172 valence electrons. The van der Waals surface area contributed by atoms with Crippen LogP contribution in [-0.2, 0) is 9.98 Å². The standard InChI is InChI=1S/C20H23N4O3.H3O4P/c1-20(2)17-12-15(24(25)26)8-11-18(17)22(3)19(20)13-21-23(4)14-6-9-16(27-5)10-7-14;1-5(2,3)4/h6-13H,1-5H3;(H3,1,2,3,4)/q+1;/p-1. The number of ether oxygens (including phenoxy) is 1. The fraction of sp³-hybridized carbons (Fsp3) is 0.300. The summed E-state index contributed by atoms with van der Waals surface area (Å²) in [5, 5.41) is 17.5. The highest BCUT2D eigenvalue weighted by molar-refractivity contribution is 7.43. The molecule has 2 aromatic rings. The third kappa shape index (κ3) is 5.98. The topological polar surface area (TPSA) is 152 Å². The Morgan fingerprint density at radius 2 is 1.78 bits per heavy atom. The normalized spacial score (nSPS) is 14.6. The molecule has 11 nitrogen and oxygen atoms in total. The summed E-state index contributed by atoms with van der Waals surface area (Å²) in [5.74, 6) is 0.791. The van der Waals surface area contributed by atoms with Gasteiger partial charge in [-0.15, -0.1) is 0 Å². The van der Waals surface area contributed by atoms with Crippen LogP contribution in [0, 0.1) is 10.1 Å². The third-order valence-corrected chi connectivity index (χ3v) is 5.03. The molecule has 0 radical (unpaired) electrons. The van der Waals surface area contributed by atoms with Crippen molar-refractivity contribution in [3.63, 3.8) is 0 Å². The lowest BCUT2D eigenvalue weighted by Gasteiger charge is -2.16. The van der Waals surface area contributed by atoms with Gasteiger partial charge >= 0.3 is 0 Å². The summed E-state index contributed by atoms with van der Waals surface area (Å²) >= 11 is 0. The number of benzene rings is 2. The fourth-order valence-corrected chi connectivity index (χ4v) is 3.37. The molecule has 3 rings (SSSR count). The summed E-state index contributed by atoms with van der Waals surface area (Å²) in [6.45, 7) is 4.10. The third-order valence-electron chi connectivity index (χ3n) is 5.03. The molecule has 12 heteroatoms. The van der Waals surface area contributed by atoms with Gasteiger partial charge in [0.05, 0.1) is 23.1 Å². The number of hydrogen-bond donors (Lipinski definition) is 2. The first-order chi connectivity index (χ1) is 14.8. The van der Waals surface area contributed by atoms with E-state index in [1.165, 1.54) is 6.07 Å². The second kappa shape index (κ2) is 9.58. The maximum atomic E-state index is 11.1. The maximum absolute atomic E-state index is 11.1. The van der Waals surface area contributed by atoms with Crippen molar-refractivity contribution in [2.24, 2.45) is 5.10 Å². The fourth-order valence-electron chi connectivity index (χ4n) is 3.37. The minimum absolute atomic E-state index is 0.101. The summed E-state index contributed by atoms with van der Waals surface area (Å²) < 4.78 is 16.0. The zero-order valence-electron chi connectivity index (χ0n) is 18.3. The monoisotopic (exact) mass is 464 g/mol. The number of non-ortho nitro benzene ring substituents is 1. The highest BCUT2D eigenvalue weighted by Crippen LogP contribution is 2.40. The highest BCUT2D eigenvalue weighted by atomic mass is 31.2. The van der Waals surface area contributed by atoms with Gasteiger partial charge in [0, 0.05) is 30.8 Å². The Bertz CT molecular complexity index is 1100. The van der Waals surface area contributed by atoms with Crippen molar-refractivity contribution >= 4 is 36.8 Å². The molecule has 0 atom stereocenters. The Labute approximate surface area is 185 Å². The molecule has 0 saturated carbocycles. The van der Waals surface area contributed by atoms with Crippen molar-refractivity contribution in [2.75, 3.05) is 26.2 Å². The Hall–Kier alpha value is -3.11. The van der Waals surface area contributed by atoms with Crippen LogP contribution in [0.15, 0.2) is 47.6 Å². The molecule has 2 aromatic carbocycles. The van der Waals surface area contributed by atoms with Crippen molar-refractivity contribution in [1.82, 2.24) is 0 Å². The van der Waals surface area contributed by atoms with Gasteiger partial charge in [-0.05, 0) is 38.1 Å². The quantitative estimate of drug-likeness (QED) is 0.225. The average Bonchev–Trinajstić information content (AvgIpc) is 2.90. The summed E-state index contributed by atoms with van der Waals surface area (Å²) in [6.07, 6.45) is 1.82. The number of nitro benzene ring substituents is 1. The molecule has 0 bridgehead atoms. The van der Waals surface area contributed by atoms with Gasteiger partial charge in [0.15, 0.2) is 0 Å². The van der Waals surface area contributed by atoms with Crippen molar-refractivity contribution in [1.29, 1.82) is 0 Å². The van der Waals surface area contributed by atoms with E-state index in [0.29, 0.717) is 0 Å². The molecule has 2 N–H and O–H groups in total. The van der Waals surface area contributed by atoms with E-state index in [1.54, 1.807) is 24.3 Å². The summed E-state index contributed by atoms with van der Waals surface area (Å²) in [5.41, 5.74) is 3.49. The van der Waals surface area contributed by atoms with E-state index in [9.17, 15) is 10.1 Å². The van der Waals surface area contributed by atoms with Crippen LogP contribution in [0.2, 0.25) is 0 Å². The van der Waals surface area contributed by atoms with Crippen LogP contribution in [0.4, 0.5) is 17.1 Å². The average molecular weight is 464 g/mol. The molecule has 1 aliphatic rings. The minimum atomic E-state index is -4.89. The van der Waals surface area contributed by atoms with E-state index in [1.807, 2.05) is 63.0 Å². The molecule has 0 saturated heterocycles. The van der Waals surface area contributed by atoms with Gasteiger partial charge in [-0.1, -0.05) is 0 Å². The van der Waals surface area contributed by atoms with E-state index in [-0.39, 0.29) is 16.0 Å². The van der Waals surface area contributed by atoms with E-state index >= 15 is 0 Å². The maximum Gasteiger partial charge on any atom is 0.270 e. The molecular formula is C20H25N4O7P. The molecule has 0 unspecified atom stereocenters. The number of methoxy groups -OCH3 is 1. The Morgan fingerprint density at radius 3 is 2.28 bits per heavy atom. The number of nitrogens with zero attached hydrogens (tertiary/aromatic N) is 4. The van der Waals surface area contributed by atoms with E-state index in [0.717, 1.165) is 28.4 Å². The van der Waals surface area contributed by atoms with Crippen LogP contribution >= 0.6 is 7.82 Å². The second-order valence-electron chi connectivity index (χ2n) is 7.48. The van der Waals surface area contributed by atoms with Crippen LogP contribution in [0.25, 0.3) is 0 Å². The van der Waals surface area contributed by atoms with Crippen LogP contribution in [-0.4, -0.2) is 52.4 Å². The van der Waals surface area contributed by atoms with Crippen LogP contribution in [0.5, 0.6) is 5.75 Å². The van der Waals surface area contributed by atoms with Crippen molar-refractivity contribution in [3.05, 3.63) is 58.1 Å². The predicted octanol–water partition coefficient (Wildman–Crippen LogP) is 2.17. The van der Waals surface area contributed by atoms with Gasteiger partial charge in [-0.25, -0.2) is 0 Å². The highest BCUT2D eigenvalue weighted by Gasteiger charge is 2.44. The molecule has 0 fully saturated rings. The Kier molecular flexibility index (Phi) is 7.53. The molecule has 0 aliphatic carbocycles. The predicted molar refractivity (Wildman–Crippen MR) is 119 cm³/mol. The zero-order chi connectivity index (χ0) is 24.3. The Morgan fingerprint density at radius 1 is 1.22 bits per heavy atom. The van der Waals surface area contributed by atoms with Gasteiger partial charge < -0.3 is 19.4 Å². The molecule has 32 heavy (non-hydrogen) atoms. The van der Waals surface area contributed by atoms with Gasteiger partial charge in [-0.3, -0.25) is 19.7 Å². The molecule has 0 amide bonds. The summed E-state index contributed by atoms with van der Waals surface area (Å²) in [6, 6.07) is 12.6. The van der Waals surface area contributed by atoms with E-state index in [4.69, 9.17) is 24.0 Å². The summed E-state index contributed by atoms with van der Waals surface area (Å²) in [4.78, 5) is 33.7. The van der Waals surface area contributed by atoms with Crippen LogP contribution in [0.1, 0.15) is 19.4 Å². The van der Waals surface area contributed by atoms with E-state index in [2.05, 4.69) is 5.10 Å². The number of rotatable bonds is 5. The lowest BCUT2D eigenvalue weighted by atomic mass is 9.82. The first kappa shape index (κ1) is 25.2. The number of nitro groups is 1. The molecule has 1 heterocycles. The Balaban J connectivity index is 0.000000654. The zero-order valence-corrected chi connectivity index (χ0v) is 19.2. The molecular weight excluding hydrogens is 439 g/mol. The lowest BCUT2D eigenvalue weighted by molar-refractivity contribution is -0.401. The van der Waals surface area contributed by atoms with Crippen LogP contribution < -0.4 is 14.6 Å². The van der Waals surface area contributed by atoms with Gasteiger partial charge in [-0.2, -0.15) is 9.68 Å². The van der Waals surface area contributed by atoms with Crippen molar-refractivity contribution in [3.8, 4) is 5.75 Å². The first-order valence-corrected chi connectivity index (χ1v) is 10.9. The van der Waals surface area contributed by atoms with Gasteiger partial charge in [0.25, 0.3) is 13.5 Å².